The summed E-state index contributed by atoms with van der Waals surface area (Å²) < 4.78 is 81.7. The number of benzene rings is 2. The van der Waals surface area contributed by atoms with Gasteiger partial charge in [-0.25, -0.2) is 18.6 Å². The second-order valence-corrected chi connectivity index (χ2v) is 22.3. The minimum Gasteiger partial charge on any atom is -0.444 e. The summed E-state index contributed by atoms with van der Waals surface area (Å²) in [6.45, 7) is 17.1. The average Bonchev–Trinajstić information content (AvgIpc) is 2.28. The lowest BCUT2D eigenvalue weighted by atomic mass is 9.83. The van der Waals surface area contributed by atoms with Crippen LogP contribution >= 0.6 is 0 Å². The third kappa shape index (κ3) is 25.3. The van der Waals surface area contributed by atoms with Gasteiger partial charge in [0.25, 0.3) is 11.8 Å². The second kappa shape index (κ2) is 36.6. The first-order chi connectivity index (χ1) is 40.7. The quantitative estimate of drug-likeness (QED) is 0.0529. The highest BCUT2D eigenvalue weighted by Gasteiger charge is 2.44. The van der Waals surface area contributed by atoms with Gasteiger partial charge < -0.3 is 72.7 Å². The number of imide groups is 1. The summed E-state index contributed by atoms with van der Waals surface area (Å²) in [5.41, 5.74) is -0.508. The minimum absolute atomic E-state index is 0.0270. The number of nitrogens with zero attached hydrogens (tertiary/aromatic N) is 5. The van der Waals surface area contributed by atoms with Gasteiger partial charge in [0.05, 0.1) is 117 Å². The first-order valence-corrected chi connectivity index (χ1v) is 28.9. The van der Waals surface area contributed by atoms with Gasteiger partial charge in [-0.05, 0) is 49.9 Å². The van der Waals surface area contributed by atoms with Crippen LogP contribution in [0.5, 0.6) is 0 Å². The number of ether oxygens (including phenoxy) is 9. The zero-order chi connectivity index (χ0) is 61.6. The van der Waals surface area contributed by atoms with Crippen molar-refractivity contribution >= 4 is 35.6 Å². The van der Waals surface area contributed by atoms with E-state index in [0.717, 1.165) is 28.7 Å². The van der Waals surface area contributed by atoms with Gasteiger partial charge in [0.1, 0.15) is 29.7 Å². The number of carbonyl (C=O) groups excluding carboxylic acids is 6. The van der Waals surface area contributed by atoms with E-state index in [1.54, 1.807) is 36.8 Å². The maximum absolute atomic E-state index is 15.3. The number of hydrogen-bond acceptors (Lipinski definition) is 17. The predicted octanol–water partition coefficient (Wildman–Crippen LogP) is 4.34. The normalized spacial score (nSPS) is 15.7. The molecule has 1 fully saturated rings. The van der Waals surface area contributed by atoms with Crippen LogP contribution in [-0.4, -0.2) is 222 Å². The Hall–Kier alpha value is -6.29. The van der Waals surface area contributed by atoms with Crippen LogP contribution in [0, 0.1) is 28.9 Å². The Balaban J connectivity index is 0.936. The molecule has 0 radical (unpaired) electrons. The van der Waals surface area contributed by atoms with Gasteiger partial charge in [-0.3, -0.25) is 28.9 Å². The van der Waals surface area contributed by atoms with Crippen molar-refractivity contribution in [2.45, 2.75) is 72.6 Å². The largest absolute Gasteiger partial charge is 0.444 e. The van der Waals surface area contributed by atoms with Crippen LogP contribution < -0.4 is 10.6 Å². The predicted molar refractivity (Wildman–Crippen MR) is 307 cm³/mol. The number of halogens is 2. The van der Waals surface area contributed by atoms with E-state index >= 15 is 4.39 Å². The van der Waals surface area contributed by atoms with Crippen LogP contribution in [0.2, 0.25) is 0 Å². The number of nitrogens with one attached hydrogen (secondary N) is 2. The summed E-state index contributed by atoms with van der Waals surface area (Å²) in [4.78, 5) is 84.8. The maximum Gasteiger partial charge on any atom is 0.410 e. The number of rotatable bonds is 40. The van der Waals surface area contributed by atoms with Crippen LogP contribution in [0.25, 0.3) is 11.3 Å². The fourth-order valence-electron chi connectivity index (χ4n) is 9.28. The zero-order valence-electron chi connectivity index (χ0n) is 50.0. The SMILES string of the molecule is CC(C)(C)OC(=O)N1CC(CNC(=O)CCOCCOCCOCCOCCOCCOCCOCCOCCNC(=O)CCN2C(=O)C=CC2=O)C(CN(C(=O)CO)[C@@H](c2nc(-c3cc(F)ccc3F)cn2Cc2ccccc2)C(C)(C)C)C1. The summed E-state index contributed by atoms with van der Waals surface area (Å²) in [5, 5.41) is 16.2. The Morgan fingerprint density at radius 1 is 0.682 bits per heavy atom. The molecule has 0 spiro atoms. The lowest BCUT2D eigenvalue weighted by Gasteiger charge is -2.41. The van der Waals surface area contributed by atoms with Gasteiger partial charge in [-0.1, -0.05) is 51.1 Å². The van der Waals surface area contributed by atoms with Crippen LogP contribution in [0.1, 0.15) is 71.8 Å². The topological polar surface area (TPSA) is 257 Å². The molecule has 0 saturated carbocycles. The number of amides is 6. The van der Waals surface area contributed by atoms with Crippen molar-refractivity contribution in [3.05, 3.63) is 89.9 Å². The van der Waals surface area contributed by atoms with Crippen molar-refractivity contribution in [1.29, 1.82) is 0 Å². The lowest BCUT2D eigenvalue weighted by Crippen LogP contribution is -2.47. The number of hydrogen-bond donors (Lipinski definition) is 3. The van der Waals surface area contributed by atoms with E-state index in [0.29, 0.717) is 105 Å². The van der Waals surface area contributed by atoms with Crippen LogP contribution in [0.3, 0.4) is 0 Å². The second-order valence-electron chi connectivity index (χ2n) is 22.3. The van der Waals surface area contributed by atoms with E-state index in [1.807, 2.05) is 55.7 Å². The molecule has 23 nitrogen and oxygen atoms in total. The lowest BCUT2D eigenvalue weighted by molar-refractivity contribution is -0.141. The molecule has 1 aromatic heterocycles. The van der Waals surface area contributed by atoms with Crippen molar-refractivity contribution < 1.29 is 85.3 Å². The fraction of sp³-hybridized carbons (Fsp3) is 0.617. The molecule has 1 saturated heterocycles. The van der Waals surface area contributed by atoms with Gasteiger partial charge >= 0.3 is 6.09 Å². The number of aromatic nitrogens is 2. The minimum atomic E-state index is -0.832. The van der Waals surface area contributed by atoms with E-state index in [9.17, 15) is 38.3 Å². The molecule has 2 aliphatic heterocycles. The Morgan fingerprint density at radius 3 is 1.73 bits per heavy atom. The van der Waals surface area contributed by atoms with Crippen LogP contribution in [-0.2, 0) is 73.1 Å². The molecule has 3 aromatic rings. The summed E-state index contributed by atoms with van der Waals surface area (Å²) in [6, 6.07) is 11.8. The third-order valence-electron chi connectivity index (χ3n) is 13.4. The highest BCUT2D eigenvalue weighted by atomic mass is 19.1. The van der Waals surface area contributed by atoms with E-state index in [2.05, 4.69) is 10.6 Å². The van der Waals surface area contributed by atoms with Gasteiger partial charge in [-0.2, -0.15) is 0 Å². The molecule has 3 atom stereocenters. The Morgan fingerprint density at radius 2 is 1.20 bits per heavy atom. The van der Waals surface area contributed by atoms with Crippen molar-refractivity contribution in [3.8, 4) is 11.3 Å². The van der Waals surface area contributed by atoms with Crippen LogP contribution in [0.15, 0.2) is 66.9 Å². The highest BCUT2D eigenvalue weighted by molar-refractivity contribution is 6.13. The molecular weight excluding hydrogens is 1110 g/mol. The molecule has 3 N–H and O–H groups in total. The Kier molecular flexibility index (Phi) is 30.0. The average molecular weight is 1200 g/mol. The van der Waals surface area contributed by atoms with E-state index in [4.69, 9.17) is 47.6 Å². The standard InChI is InChI=1S/C60H87F2N7O16/c1-59(2,3)56(57-65-50(48-36-47(61)12-13-49(48)62)42-66(57)38-44-10-8-7-9-11-44)69(55(75)43-70)41-46-40-67(58(76)85-60(4,5)6)39-45(46)37-64-52(72)17-20-77-22-24-79-26-28-81-30-32-83-34-35-84-33-31-82-29-27-80-25-23-78-21-18-63-51(71)16-19-68-53(73)14-15-54(68)74/h7-15,36,42,45-46,56,70H,16-35,37-41,43H2,1-6H3,(H,63,71)(H,64,72)/t45?,46?,56-/m0/s1. The van der Waals surface area contributed by atoms with Crippen molar-refractivity contribution in [3.63, 3.8) is 0 Å². The number of aliphatic hydroxyl groups is 1. The van der Waals surface area contributed by atoms with Gasteiger partial charge in [0.2, 0.25) is 17.7 Å². The molecule has 0 aliphatic carbocycles. The van der Waals surface area contributed by atoms with Gasteiger partial charge in [-0.15, -0.1) is 0 Å². The van der Waals surface area contributed by atoms with Gasteiger partial charge in [0.15, 0.2) is 0 Å². The fourth-order valence-corrected chi connectivity index (χ4v) is 9.28. The molecular formula is C60H87F2N7O16. The van der Waals surface area contributed by atoms with Crippen LogP contribution in [0.4, 0.5) is 13.6 Å². The number of aliphatic hydroxyl groups excluding tert-OH is 1. The summed E-state index contributed by atoms with van der Waals surface area (Å²) in [6.07, 6.45) is 3.55. The smallest absolute Gasteiger partial charge is 0.410 e. The molecule has 2 aliphatic rings. The van der Waals surface area contributed by atoms with E-state index < -0.39 is 65.0 Å². The molecule has 472 valence electrons. The highest BCUT2D eigenvalue weighted by Crippen LogP contribution is 2.41. The van der Waals surface area contributed by atoms with Gasteiger partial charge in [0, 0.05) is 94.4 Å². The monoisotopic (exact) mass is 1200 g/mol. The third-order valence-corrected chi connectivity index (χ3v) is 13.4. The zero-order valence-corrected chi connectivity index (χ0v) is 50.0. The molecule has 2 aromatic carbocycles. The molecule has 85 heavy (non-hydrogen) atoms. The summed E-state index contributed by atoms with van der Waals surface area (Å²) in [5.74, 6) is -3.65. The first-order valence-electron chi connectivity index (χ1n) is 28.9. The molecule has 3 heterocycles. The Labute approximate surface area is 496 Å². The van der Waals surface area contributed by atoms with E-state index in [1.165, 1.54) is 12.2 Å². The van der Waals surface area contributed by atoms with Crippen molar-refractivity contribution in [2.75, 3.05) is 152 Å². The summed E-state index contributed by atoms with van der Waals surface area (Å²) in [7, 11) is 0. The van der Waals surface area contributed by atoms with Crippen molar-refractivity contribution in [2.24, 2.45) is 17.3 Å². The molecule has 25 heteroatoms. The Bertz CT molecular complexity index is 2560. The first kappa shape index (κ1) is 69.5. The number of imidazole rings is 1. The van der Waals surface area contributed by atoms with E-state index in [-0.39, 0.29) is 94.3 Å². The number of carbonyl (C=O) groups is 6. The molecule has 2 unspecified atom stereocenters. The van der Waals surface area contributed by atoms with Crippen molar-refractivity contribution in [1.82, 2.24) is 34.9 Å². The molecule has 0 bridgehead atoms. The maximum atomic E-state index is 15.3. The molecule has 6 amide bonds. The number of likely N-dealkylation sites (tertiary alicyclic amines) is 1. The molecule has 5 rings (SSSR count). The summed E-state index contributed by atoms with van der Waals surface area (Å²) >= 11 is 0.